The van der Waals surface area contributed by atoms with Crippen LogP contribution in [0.4, 0.5) is 10.8 Å². The van der Waals surface area contributed by atoms with E-state index in [-0.39, 0.29) is 0 Å². The van der Waals surface area contributed by atoms with Crippen molar-refractivity contribution < 1.29 is 4.74 Å². The Morgan fingerprint density at radius 2 is 1.95 bits per heavy atom. The summed E-state index contributed by atoms with van der Waals surface area (Å²) < 4.78 is 6.84. The Morgan fingerprint density at radius 1 is 1.14 bits per heavy atom. The third-order valence-corrected chi connectivity index (χ3v) is 4.45. The average molecular weight is 298 g/mol. The number of benzene rings is 2. The molecule has 0 spiro atoms. The molecule has 1 aromatic heterocycles. The number of nitrogens with one attached hydrogen (secondary N) is 1. The van der Waals surface area contributed by atoms with Gasteiger partial charge in [-0.1, -0.05) is 29.5 Å². The average Bonchev–Trinajstić information content (AvgIpc) is 2.89. The number of hydrogen-bond donors (Lipinski definition) is 1. The first-order chi connectivity index (χ1) is 10.2. The highest BCUT2D eigenvalue weighted by Crippen LogP contribution is 2.33. The first-order valence-electron chi connectivity index (χ1n) is 7.04. The van der Waals surface area contributed by atoms with E-state index in [2.05, 4.69) is 31.3 Å². The number of anilines is 2. The Bertz CT molecular complexity index is 780. The Kier molecular flexibility index (Phi) is 3.80. The fourth-order valence-electron chi connectivity index (χ4n) is 2.25. The molecule has 4 heteroatoms. The largest absolute Gasteiger partial charge is 0.492 e. The molecule has 0 aliphatic carbocycles. The molecule has 0 atom stereocenters. The van der Waals surface area contributed by atoms with Gasteiger partial charge in [0.05, 0.1) is 22.5 Å². The molecule has 3 nitrogen and oxygen atoms in total. The van der Waals surface area contributed by atoms with Crippen LogP contribution in [0.2, 0.25) is 0 Å². The van der Waals surface area contributed by atoms with Crippen molar-refractivity contribution >= 4 is 32.4 Å². The highest BCUT2D eigenvalue weighted by Gasteiger charge is 2.09. The lowest BCUT2D eigenvalue weighted by molar-refractivity contribution is 0.342. The molecule has 3 aromatic rings. The Labute approximate surface area is 128 Å². The van der Waals surface area contributed by atoms with Crippen LogP contribution in [-0.2, 0) is 0 Å². The van der Waals surface area contributed by atoms with Crippen LogP contribution >= 0.6 is 11.3 Å². The van der Waals surface area contributed by atoms with Gasteiger partial charge < -0.3 is 10.1 Å². The number of nitrogens with zero attached hydrogens (tertiary/aromatic N) is 1. The van der Waals surface area contributed by atoms with E-state index >= 15 is 0 Å². The van der Waals surface area contributed by atoms with E-state index in [1.807, 2.05) is 31.2 Å². The Balaban J connectivity index is 1.97. The Hall–Kier alpha value is -2.07. The summed E-state index contributed by atoms with van der Waals surface area (Å²) in [7, 11) is 0. The number of fused-ring (bicyclic) bond motifs is 1. The molecule has 0 radical (unpaired) electrons. The molecule has 0 bridgehead atoms. The minimum Gasteiger partial charge on any atom is -0.492 e. The van der Waals surface area contributed by atoms with E-state index in [0.717, 1.165) is 22.1 Å². The van der Waals surface area contributed by atoms with Crippen molar-refractivity contribution in [1.82, 2.24) is 4.98 Å². The molecular formula is C17H18N2OS. The van der Waals surface area contributed by atoms with Crippen molar-refractivity contribution in [3.8, 4) is 5.75 Å². The zero-order valence-corrected chi connectivity index (χ0v) is 13.3. The Morgan fingerprint density at radius 3 is 2.76 bits per heavy atom. The second-order valence-electron chi connectivity index (χ2n) is 4.93. The molecule has 0 unspecified atom stereocenters. The zero-order chi connectivity index (χ0) is 14.8. The third kappa shape index (κ3) is 2.72. The van der Waals surface area contributed by atoms with Crippen LogP contribution in [0.3, 0.4) is 0 Å². The predicted molar refractivity (Wildman–Crippen MR) is 90.0 cm³/mol. The quantitative estimate of drug-likeness (QED) is 0.731. The summed E-state index contributed by atoms with van der Waals surface area (Å²) in [5.41, 5.74) is 4.55. The minimum atomic E-state index is 0.650. The van der Waals surface area contributed by atoms with Crippen LogP contribution < -0.4 is 10.1 Å². The van der Waals surface area contributed by atoms with E-state index < -0.39 is 0 Å². The molecule has 1 N–H and O–H groups in total. The van der Waals surface area contributed by atoms with Gasteiger partial charge in [-0.3, -0.25) is 0 Å². The molecule has 0 fully saturated rings. The second-order valence-corrected chi connectivity index (χ2v) is 5.96. The molecule has 21 heavy (non-hydrogen) atoms. The van der Waals surface area contributed by atoms with Gasteiger partial charge in [-0.2, -0.15) is 0 Å². The topological polar surface area (TPSA) is 34.1 Å². The predicted octanol–water partition coefficient (Wildman–Crippen LogP) is 5.06. The van der Waals surface area contributed by atoms with Crippen molar-refractivity contribution in [2.45, 2.75) is 20.8 Å². The van der Waals surface area contributed by atoms with E-state index in [1.54, 1.807) is 11.3 Å². The molecule has 3 rings (SSSR count). The summed E-state index contributed by atoms with van der Waals surface area (Å²) in [5, 5.41) is 4.27. The first kappa shape index (κ1) is 13.9. The highest BCUT2D eigenvalue weighted by atomic mass is 32.1. The van der Waals surface area contributed by atoms with Gasteiger partial charge >= 0.3 is 0 Å². The van der Waals surface area contributed by atoms with Gasteiger partial charge in [0.15, 0.2) is 5.13 Å². The summed E-state index contributed by atoms with van der Waals surface area (Å²) >= 11 is 1.66. The van der Waals surface area contributed by atoms with Gasteiger partial charge in [-0.15, -0.1) is 0 Å². The van der Waals surface area contributed by atoms with Gasteiger partial charge in [0.1, 0.15) is 5.75 Å². The highest BCUT2D eigenvalue weighted by molar-refractivity contribution is 7.22. The number of thiazole rings is 1. The molecule has 1 heterocycles. The maximum Gasteiger partial charge on any atom is 0.188 e. The van der Waals surface area contributed by atoms with Crippen LogP contribution in [0.1, 0.15) is 18.1 Å². The number of ether oxygens (including phenoxy) is 1. The fourth-order valence-corrected chi connectivity index (χ4v) is 3.18. The van der Waals surface area contributed by atoms with Crippen LogP contribution in [0.25, 0.3) is 10.2 Å². The smallest absolute Gasteiger partial charge is 0.188 e. The number of aryl methyl sites for hydroxylation is 2. The maximum atomic E-state index is 5.64. The maximum absolute atomic E-state index is 5.64. The van der Waals surface area contributed by atoms with Crippen LogP contribution in [-0.4, -0.2) is 11.6 Å². The van der Waals surface area contributed by atoms with E-state index in [1.165, 1.54) is 15.8 Å². The standard InChI is InChI=1S/C17H18N2OS/c1-4-20-14-8-6-5-7-13(14)18-17-19-16-12(3)11(2)9-10-15(16)21-17/h5-10H,4H2,1-3H3,(H,18,19). The van der Waals surface area contributed by atoms with E-state index in [4.69, 9.17) is 9.72 Å². The van der Waals surface area contributed by atoms with Crippen molar-refractivity contribution in [3.05, 3.63) is 47.5 Å². The second kappa shape index (κ2) is 5.74. The van der Waals surface area contributed by atoms with Gasteiger partial charge in [0, 0.05) is 0 Å². The van der Waals surface area contributed by atoms with Crippen LogP contribution in [0.15, 0.2) is 36.4 Å². The summed E-state index contributed by atoms with van der Waals surface area (Å²) in [6, 6.07) is 12.2. The molecule has 2 aromatic carbocycles. The number of rotatable bonds is 4. The molecule has 0 saturated carbocycles. The number of aromatic nitrogens is 1. The van der Waals surface area contributed by atoms with Crippen molar-refractivity contribution in [2.75, 3.05) is 11.9 Å². The van der Waals surface area contributed by atoms with Crippen molar-refractivity contribution in [3.63, 3.8) is 0 Å². The summed E-state index contributed by atoms with van der Waals surface area (Å²) in [4.78, 5) is 4.72. The molecule has 0 amide bonds. The zero-order valence-electron chi connectivity index (χ0n) is 12.4. The lowest BCUT2D eigenvalue weighted by Crippen LogP contribution is -1.97. The van der Waals surface area contributed by atoms with Crippen molar-refractivity contribution in [1.29, 1.82) is 0 Å². The van der Waals surface area contributed by atoms with E-state index in [0.29, 0.717) is 6.61 Å². The minimum absolute atomic E-state index is 0.650. The van der Waals surface area contributed by atoms with Gasteiger partial charge in [0.2, 0.25) is 0 Å². The fraction of sp³-hybridized carbons (Fsp3) is 0.235. The van der Waals surface area contributed by atoms with Gasteiger partial charge in [-0.05, 0) is 50.1 Å². The van der Waals surface area contributed by atoms with Gasteiger partial charge in [-0.25, -0.2) is 4.98 Å². The summed E-state index contributed by atoms with van der Waals surface area (Å²) in [5.74, 6) is 0.854. The molecule has 0 aliphatic heterocycles. The molecular weight excluding hydrogens is 280 g/mol. The van der Waals surface area contributed by atoms with Crippen molar-refractivity contribution in [2.24, 2.45) is 0 Å². The number of para-hydroxylation sites is 2. The third-order valence-electron chi connectivity index (χ3n) is 3.51. The molecule has 108 valence electrons. The molecule has 0 aliphatic rings. The molecule has 0 saturated heterocycles. The van der Waals surface area contributed by atoms with Crippen LogP contribution in [0.5, 0.6) is 5.75 Å². The lowest BCUT2D eigenvalue weighted by atomic mass is 10.1. The SMILES string of the molecule is CCOc1ccccc1Nc1nc2c(C)c(C)ccc2s1. The normalized spacial score (nSPS) is 10.8. The first-order valence-corrected chi connectivity index (χ1v) is 7.86. The summed E-state index contributed by atoms with van der Waals surface area (Å²) in [6.07, 6.45) is 0. The monoisotopic (exact) mass is 298 g/mol. The van der Waals surface area contributed by atoms with Crippen LogP contribution in [0, 0.1) is 13.8 Å². The van der Waals surface area contributed by atoms with Gasteiger partial charge in [0.25, 0.3) is 0 Å². The summed E-state index contributed by atoms with van der Waals surface area (Å²) in [6.45, 7) is 6.87. The lowest BCUT2D eigenvalue weighted by Gasteiger charge is -2.09. The number of hydrogen-bond acceptors (Lipinski definition) is 4. The van der Waals surface area contributed by atoms with E-state index in [9.17, 15) is 0 Å².